The van der Waals surface area contributed by atoms with Crippen LogP contribution < -0.4 is 10.6 Å². The zero-order valence-electron chi connectivity index (χ0n) is 20.8. The number of amidine groups is 2. The first-order chi connectivity index (χ1) is 16.7. The van der Waals surface area contributed by atoms with Gasteiger partial charge in [-0.25, -0.2) is 9.97 Å². The van der Waals surface area contributed by atoms with Gasteiger partial charge >= 0.3 is 0 Å². The molecule has 4 aromatic rings. The van der Waals surface area contributed by atoms with E-state index in [-0.39, 0.29) is 10.8 Å². The average Bonchev–Trinajstić information content (AvgIpc) is 3.40. The van der Waals surface area contributed by atoms with E-state index >= 15 is 0 Å². The van der Waals surface area contributed by atoms with Crippen molar-refractivity contribution in [1.82, 2.24) is 30.6 Å². The number of hydrogen-bond donors (Lipinski definition) is 4. The number of nitrogens with zero attached hydrogens (tertiary/aromatic N) is 4. The van der Waals surface area contributed by atoms with Crippen LogP contribution in [0.25, 0.3) is 22.1 Å². The summed E-state index contributed by atoms with van der Waals surface area (Å²) in [6, 6.07) is 12.5. The third kappa shape index (κ3) is 4.40. The Balaban J connectivity index is 1.22. The van der Waals surface area contributed by atoms with Crippen LogP contribution in [0.1, 0.15) is 50.5 Å². The molecule has 0 atom stereocenters. The number of H-pyrrole nitrogens is 2. The van der Waals surface area contributed by atoms with Gasteiger partial charge in [0.25, 0.3) is 0 Å². The Kier molecular flexibility index (Phi) is 4.95. The van der Waals surface area contributed by atoms with Crippen LogP contribution in [0.15, 0.2) is 46.4 Å². The van der Waals surface area contributed by atoms with E-state index in [2.05, 4.69) is 84.7 Å². The molecule has 35 heavy (non-hydrogen) atoms. The van der Waals surface area contributed by atoms with Gasteiger partial charge in [0.1, 0.15) is 23.3 Å². The highest BCUT2D eigenvalue weighted by Crippen LogP contribution is 2.23. The van der Waals surface area contributed by atoms with Crippen molar-refractivity contribution in [3.63, 3.8) is 0 Å². The summed E-state index contributed by atoms with van der Waals surface area (Å²) in [5.74, 6) is 3.68. The fourth-order valence-electron chi connectivity index (χ4n) is 4.59. The van der Waals surface area contributed by atoms with Crippen molar-refractivity contribution >= 4 is 33.7 Å². The molecular formula is C27H32N8. The van der Waals surface area contributed by atoms with E-state index in [9.17, 15) is 0 Å². The van der Waals surface area contributed by atoms with Crippen molar-refractivity contribution in [3.8, 4) is 0 Å². The lowest BCUT2D eigenvalue weighted by Crippen LogP contribution is -2.41. The Bertz CT molecular complexity index is 1370. The zero-order valence-corrected chi connectivity index (χ0v) is 20.8. The molecule has 0 saturated carbocycles. The highest BCUT2D eigenvalue weighted by Gasteiger charge is 2.24. The summed E-state index contributed by atoms with van der Waals surface area (Å²) in [7, 11) is 0. The van der Waals surface area contributed by atoms with Crippen molar-refractivity contribution < 1.29 is 0 Å². The molecule has 0 amide bonds. The molecule has 2 aromatic carbocycles. The second-order valence-corrected chi connectivity index (χ2v) is 11.4. The molecule has 2 aromatic heterocycles. The van der Waals surface area contributed by atoms with Crippen molar-refractivity contribution in [3.05, 3.63) is 59.2 Å². The highest BCUT2D eigenvalue weighted by atomic mass is 15.1. The molecule has 8 nitrogen and oxygen atoms in total. The Morgan fingerprint density at radius 2 is 1.14 bits per heavy atom. The molecule has 0 aliphatic carbocycles. The van der Waals surface area contributed by atoms with Crippen LogP contribution in [-0.2, 0) is 6.42 Å². The predicted molar refractivity (Wildman–Crippen MR) is 141 cm³/mol. The van der Waals surface area contributed by atoms with E-state index in [1.54, 1.807) is 0 Å². The minimum atomic E-state index is 0.194. The summed E-state index contributed by atoms with van der Waals surface area (Å²) in [4.78, 5) is 26.0. The second-order valence-electron chi connectivity index (χ2n) is 11.4. The van der Waals surface area contributed by atoms with Gasteiger partial charge in [0.2, 0.25) is 0 Å². The van der Waals surface area contributed by atoms with Crippen LogP contribution >= 0.6 is 0 Å². The fourth-order valence-corrected chi connectivity index (χ4v) is 4.59. The Hall–Kier alpha value is -3.68. The first kappa shape index (κ1) is 21.8. The maximum atomic E-state index is 4.79. The van der Waals surface area contributed by atoms with Crippen molar-refractivity contribution in [2.75, 3.05) is 26.2 Å². The number of aromatic nitrogens is 4. The molecule has 4 N–H and O–H groups in total. The molecule has 0 saturated heterocycles. The molecule has 0 bridgehead atoms. The van der Waals surface area contributed by atoms with Gasteiger partial charge in [0, 0.05) is 48.1 Å². The number of nitrogens with one attached hydrogen (secondary N) is 4. The zero-order chi connectivity index (χ0) is 24.2. The number of imidazole rings is 2. The number of hydrogen-bond acceptors (Lipinski definition) is 6. The maximum absolute atomic E-state index is 4.79. The monoisotopic (exact) mass is 468 g/mol. The summed E-state index contributed by atoms with van der Waals surface area (Å²) in [6.07, 6.45) is 0.606. The minimum Gasteiger partial charge on any atom is -0.369 e. The normalized spacial score (nSPS) is 19.2. The van der Waals surface area contributed by atoms with Gasteiger partial charge in [-0.15, -0.1) is 0 Å². The summed E-state index contributed by atoms with van der Waals surface area (Å²) >= 11 is 0. The van der Waals surface area contributed by atoms with Gasteiger partial charge < -0.3 is 20.6 Å². The lowest BCUT2D eigenvalue weighted by atomic mass is 9.92. The van der Waals surface area contributed by atoms with Gasteiger partial charge in [0.05, 0.1) is 28.5 Å². The second kappa shape index (κ2) is 7.93. The molecule has 0 unspecified atom stereocenters. The predicted octanol–water partition coefficient (Wildman–Crippen LogP) is 3.78. The van der Waals surface area contributed by atoms with Crippen molar-refractivity contribution in [2.24, 2.45) is 20.8 Å². The highest BCUT2D eigenvalue weighted by molar-refractivity contribution is 6.02. The molecule has 0 radical (unpaired) electrons. The summed E-state index contributed by atoms with van der Waals surface area (Å²) in [6.45, 7) is 12.4. The van der Waals surface area contributed by atoms with Crippen LogP contribution in [0.2, 0.25) is 0 Å². The summed E-state index contributed by atoms with van der Waals surface area (Å²) in [5, 5.41) is 6.94. The molecule has 4 heterocycles. The summed E-state index contributed by atoms with van der Waals surface area (Å²) < 4.78 is 0. The fraction of sp³-hybridized carbons (Fsp3) is 0.407. The number of aromatic amines is 2. The number of aliphatic imine (C=N–C) groups is 2. The first-order valence-electron chi connectivity index (χ1n) is 12.3. The third-order valence-electron chi connectivity index (χ3n) is 6.74. The molecule has 2 aliphatic rings. The van der Waals surface area contributed by atoms with E-state index in [4.69, 9.17) is 20.0 Å². The molecule has 8 heteroatoms. The largest absolute Gasteiger partial charge is 0.369 e. The topological polar surface area (TPSA) is 106 Å². The van der Waals surface area contributed by atoms with Crippen LogP contribution in [0.3, 0.4) is 0 Å². The molecule has 180 valence electrons. The Morgan fingerprint density at radius 3 is 1.54 bits per heavy atom. The SMILES string of the molecule is CC1(C)CN=C(c2ccc3nc(Cc4nc5ccc(C6=NCC(C)(C)CN6)cc5[nH]4)[nH]c3c2)NC1. The van der Waals surface area contributed by atoms with Gasteiger partial charge in [0.15, 0.2) is 0 Å². The van der Waals surface area contributed by atoms with Gasteiger partial charge in [-0.05, 0) is 36.4 Å². The Morgan fingerprint density at radius 1 is 0.686 bits per heavy atom. The molecular weight excluding hydrogens is 436 g/mol. The number of benzene rings is 2. The van der Waals surface area contributed by atoms with E-state index < -0.39 is 0 Å². The van der Waals surface area contributed by atoms with Crippen LogP contribution in [-0.4, -0.2) is 57.8 Å². The quantitative estimate of drug-likeness (QED) is 0.366. The average molecular weight is 469 g/mol. The van der Waals surface area contributed by atoms with Crippen LogP contribution in [0.5, 0.6) is 0 Å². The van der Waals surface area contributed by atoms with E-state index in [1.807, 2.05) is 0 Å². The number of rotatable bonds is 4. The number of fused-ring (bicyclic) bond motifs is 2. The standard InChI is InChI=1S/C27H32N8/c1-26(2)12-28-24(29-13-26)16-5-7-18-20(9-16)34-22(32-18)11-23-33-19-8-6-17(10-21(19)35-23)25-30-14-27(3,4)15-31-25/h5-10H,11-15H2,1-4H3,(H,28,29)(H,30,31)(H,32,34)(H,33,35). The van der Waals surface area contributed by atoms with E-state index in [0.29, 0.717) is 6.42 Å². The molecule has 6 rings (SSSR count). The van der Waals surface area contributed by atoms with Gasteiger partial charge in [-0.3, -0.25) is 9.98 Å². The lowest BCUT2D eigenvalue weighted by Gasteiger charge is -2.29. The van der Waals surface area contributed by atoms with E-state index in [0.717, 1.165) is 82.7 Å². The third-order valence-corrected chi connectivity index (χ3v) is 6.74. The molecule has 0 fully saturated rings. The van der Waals surface area contributed by atoms with Crippen LogP contribution in [0.4, 0.5) is 0 Å². The minimum absolute atomic E-state index is 0.194. The Labute approximate surface area is 204 Å². The first-order valence-corrected chi connectivity index (χ1v) is 12.3. The van der Waals surface area contributed by atoms with Crippen LogP contribution in [0, 0.1) is 10.8 Å². The van der Waals surface area contributed by atoms with Crippen molar-refractivity contribution in [1.29, 1.82) is 0 Å². The smallest absolute Gasteiger partial charge is 0.128 e. The van der Waals surface area contributed by atoms with Gasteiger partial charge in [-0.2, -0.15) is 0 Å². The summed E-state index contributed by atoms with van der Waals surface area (Å²) in [5.41, 5.74) is 6.47. The van der Waals surface area contributed by atoms with Crippen molar-refractivity contribution in [2.45, 2.75) is 34.1 Å². The van der Waals surface area contributed by atoms with Gasteiger partial charge in [-0.1, -0.05) is 27.7 Å². The molecule has 0 spiro atoms. The van der Waals surface area contributed by atoms with E-state index in [1.165, 1.54) is 0 Å². The lowest BCUT2D eigenvalue weighted by molar-refractivity contribution is 0.362. The maximum Gasteiger partial charge on any atom is 0.128 e. The molecule has 2 aliphatic heterocycles.